The van der Waals surface area contributed by atoms with Gasteiger partial charge in [-0.2, -0.15) is 0 Å². The lowest BCUT2D eigenvalue weighted by atomic mass is 9.66. The summed E-state index contributed by atoms with van der Waals surface area (Å²) in [5.41, 5.74) is 2.42. The molecule has 2 rings (SSSR count). The maximum absolute atomic E-state index is 5.85. The van der Waals surface area contributed by atoms with E-state index in [1.807, 2.05) is 11.8 Å². The molecule has 17 heavy (non-hydrogen) atoms. The Morgan fingerprint density at radius 3 is 2.65 bits per heavy atom. The molecular weight excluding hydrogens is 228 g/mol. The minimum absolute atomic E-state index is 0.356. The molecule has 98 valence electrons. The first-order valence-corrected chi connectivity index (χ1v) is 7.82. The molecule has 0 amide bonds. The van der Waals surface area contributed by atoms with E-state index in [4.69, 9.17) is 4.74 Å². The predicted molar refractivity (Wildman–Crippen MR) is 76.3 cm³/mol. The lowest BCUT2D eigenvalue weighted by molar-refractivity contribution is 0.0313. The van der Waals surface area contributed by atoms with Crippen molar-refractivity contribution in [2.24, 2.45) is 11.3 Å². The third kappa shape index (κ3) is 2.90. The zero-order chi connectivity index (χ0) is 12.6. The van der Waals surface area contributed by atoms with Crippen molar-refractivity contribution < 1.29 is 4.74 Å². The molecule has 0 aromatic heterocycles. The first-order chi connectivity index (χ1) is 7.90. The Balaban J connectivity index is 2.19. The average molecular weight is 254 g/mol. The van der Waals surface area contributed by atoms with Gasteiger partial charge in [-0.3, -0.25) is 0 Å². The molecule has 0 saturated carbocycles. The Morgan fingerprint density at radius 1 is 1.35 bits per heavy atom. The second kappa shape index (κ2) is 4.97. The Bertz CT molecular complexity index is 298. The maximum Gasteiger partial charge on any atom is 0.101 e. The van der Waals surface area contributed by atoms with Crippen LogP contribution in [0, 0.1) is 11.3 Å². The molecule has 1 saturated heterocycles. The van der Waals surface area contributed by atoms with Crippen LogP contribution in [0.4, 0.5) is 0 Å². The van der Waals surface area contributed by atoms with Crippen LogP contribution in [0.15, 0.2) is 11.6 Å². The number of thioether (sulfide) groups is 1. The summed E-state index contributed by atoms with van der Waals surface area (Å²) in [5.74, 6) is 0.732. The predicted octanol–water partition coefficient (Wildman–Crippen LogP) is 4.63. The van der Waals surface area contributed by atoms with Gasteiger partial charge in [0.05, 0.1) is 6.10 Å². The Labute approximate surface area is 110 Å². The number of rotatable bonds is 1. The van der Waals surface area contributed by atoms with E-state index in [2.05, 4.69) is 40.7 Å². The molecule has 4 unspecified atom stereocenters. The molecular formula is C15H26OS. The maximum atomic E-state index is 5.85. The van der Waals surface area contributed by atoms with Crippen molar-refractivity contribution in [1.82, 2.24) is 0 Å². The van der Waals surface area contributed by atoms with Gasteiger partial charge in [-0.25, -0.2) is 0 Å². The van der Waals surface area contributed by atoms with Crippen LogP contribution in [0.5, 0.6) is 0 Å². The van der Waals surface area contributed by atoms with Crippen molar-refractivity contribution in [1.29, 1.82) is 0 Å². The largest absolute Gasteiger partial charge is 0.365 e. The third-order valence-corrected chi connectivity index (χ3v) is 5.62. The van der Waals surface area contributed by atoms with E-state index in [0.29, 0.717) is 17.0 Å². The van der Waals surface area contributed by atoms with E-state index in [-0.39, 0.29) is 0 Å². The van der Waals surface area contributed by atoms with Gasteiger partial charge in [0.1, 0.15) is 5.44 Å². The van der Waals surface area contributed by atoms with Gasteiger partial charge in [0.25, 0.3) is 0 Å². The Kier molecular flexibility index (Phi) is 3.94. The quantitative estimate of drug-likeness (QED) is 0.631. The van der Waals surface area contributed by atoms with E-state index in [1.54, 1.807) is 5.57 Å². The molecule has 2 heteroatoms. The van der Waals surface area contributed by atoms with E-state index < -0.39 is 0 Å². The van der Waals surface area contributed by atoms with Gasteiger partial charge < -0.3 is 4.74 Å². The SMILES string of the molecule is CC1=CCCC(C)(C)C1C1CC(C)OC(C)S1. The zero-order valence-electron chi connectivity index (χ0n) is 11.8. The molecule has 1 heterocycles. The van der Waals surface area contributed by atoms with Crippen LogP contribution >= 0.6 is 11.8 Å². The van der Waals surface area contributed by atoms with Crippen molar-refractivity contribution in [3.05, 3.63) is 11.6 Å². The normalized spacial score (nSPS) is 42.1. The van der Waals surface area contributed by atoms with Crippen LogP contribution in [-0.2, 0) is 4.74 Å². The second-order valence-corrected chi connectivity index (χ2v) is 7.92. The first kappa shape index (κ1) is 13.5. The van der Waals surface area contributed by atoms with E-state index in [0.717, 1.165) is 11.2 Å². The number of ether oxygens (including phenoxy) is 1. The minimum atomic E-state index is 0.356. The fraction of sp³-hybridized carbons (Fsp3) is 0.867. The number of hydrogen-bond acceptors (Lipinski definition) is 2. The van der Waals surface area contributed by atoms with E-state index in [1.165, 1.54) is 19.3 Å². The highest BCUT2D eigenvalue weighted by Crippen LogP contribution is 2.49. The van der Waals surface area contributed by atoms with Gasteiger partial charge in [0, 0.05) is 5.25 Å². The standard InChI is InChI=1S/C15H26OS/c1-10-7-6-8-15(4,5)14(10)13-9-11(2)16-12(3)17-13/h7,11-14H,6,8-9H2,1-5H3. The summed E-state index contributed by atoms with van der Waals surface area (Å²) in [4.78, 5) is 0. The van der Waals surface area contributed by atoms with E-state index in [9.17, 15) is 0 Å². The van der Waals surface area contributed by atoms with Crippen LogP contribution in [0.3, 0.4) is 0 Å². The lowest BCUT2D eigenvalue weighted by Crippen LogP contribution is -2.41. The topological polar surface area (TPSA) is 9.23 Å². The van der Waals surface area contributed by atoms with Gasteiger partial charge in [-0.15, -0.1) is 11.8 Å². The Morgan fingerprint density at radius 2 is 2.06 bits per heavy atom. The molecule has 4 atom stereocenters. The highest BCUT2D eigenvalue weighted by atomic mass is 32.2. The summed E-state index contributed by atoms with van der Waals surface area (Å²) in [6.07, 6.45) is 6.67. The van der Waals surface area contributed by atoms with Gasteiger partial charge in [-0.05, 0) is 51.4 Å². The molecule has 1 nitrogen and oxygen atoms in total. The fourth-order valence-corrected chi connectivity index (χ4v) is 5.49. The van der Waals surface area contributed by atoms with E-state index >= 15 is 0 Å². The lowest BCUT2D eigenvalue weighted by Gasteiger charge is -2.46. The molecule has 1 fully saturated rings. The molecule has 0 N–H and O–H groups in total. The highest BCUT2D eigenvalue weighted by Gasteiger charge is 2.41. The molecule has 0 radical (unpaired) electrons. The number of allylic oxidation sites excluding steroid dienone is 2. The molecule has 0 spiro atoms. The zero-order valence-corrected chi connectivity index (χ0v) is 12.6. The summed E-state index contributed by atoms with van der Waals surface area (Å²) >= 11 is 2.04. The molecule has 0 aromatic carbocycles. The van der Waals surface area contributed by atoms with Gasteiger partial charge in [0.2, 0.25) is 0 Å². The first-order valence-electron chi connectivity index (χ1n) is 6.88. The van der Waals surface area contributed by atoms with Crippen molar-refractivity contribution >= 4 is 11.8 Å². The van der Waals surface area contributed by atoms with Gasteiger partial charge in [0.15, 0.2) is 0 Å². The molecule has 1 aliphatic heterocycles. The van der Waals surface area contributed by atoms with Crippen molar-refractivity contribution in [2.45, 2.75) is 70.7 Å². The molecule has 1 aliphatic carbocycles. The van der Waals surface area contributed by atoms with Crippen molar-refractivity contribution in [3.63, 3.8) is 0 Å². The smallest absolute Gasteiger partial charge is 0.101 e. The second-order valence-electron chi connectivity index (χ2n) is 6.38. The summed E-state index contributed by atoms with van der Waals surface area (Å²) in [5, 5.41) is 0.736. The summed E-state index contributed by atoms with van der Waals surface area (Å²) in [6, 6.07) is 0. The fourth-order valence-electron chi connectivity index (χ4n) is 3.63. The van der Waals surface area contributed by atoms with Crippen LogP contribution in [0.2, 0.25) is 0 Å². The van der Waals surface area contributed by atoms with Gasteiger partial charge in [-0.1, -0.05) is 25.5 Å². The molecule has 2 aliphatic rings. The van der Waals surface area contributed by atoms with Crippen molar-refractivity contribution in [2.75, 3.05) is 0 Å². The minimum Gasteiger partial charge on any atom is -0.365 e. The van der Waals surface area contributed by atoms with Crippen LogP contribution in [0.25, 0.3) is 0 Å². The third-order valence-electron chi connectivity index (χ3n) is 4.31. The number of hydrogen-bond donors (Lipinski definition) is 0. The molecule has 0 bridgehead atoms. The monoisotopic (exact) mass is 254 g/mol. The highest BCUT2D eigenvalue weighted by molar-refractivity contribution is 8.00. The molecule has 0 aromatic rings. The van der Waals surface area contributed by atoms with Crippen LogP contribution in [-0.4, -0.2) is 16.8 Å². The summed E-state index contributed by atoms with van der Waals surface area (Å²) in [7, 11) is 0. The Hall–Kier alpha value is 0.0500. The average Bonchev–Trinajstić information content (AvgIpc) is 2.13. The summed E-state index contributed by atoms with van der Waals surface area (Å²) in [6.45, 7) is 11.6. The van der Waals surface area contributed by atoms with Crippen LogP contribution in [0.1, 0.15) is 53.9 Å². The van der Waals surface area contributed by atoms with Gasteiger partial charge >= 0.3 is 0 Å². The van der Waals surface area contributed by atoms with Crippen molar-refractivity contribution in [3.8, 4) is 0 Å². The summed E-state index contributed by atoms with van der Waals surface area (Å²) < 4.78 is 5.85. The van der Waals surface area contributed by atoms with Crippen LogP contribution < -0.4 is 0 Å².